The summed E-state index contributed by atoms with van der Waals surface area (Å²) in [6.45, 7) is 4.11. The molecule has 0 bridgehead atoms. The van der Waals surface area contributed by atoms with Crippen LogP contribution in [0.5, 0.6) is 5.75 Å². The van der Waals surface area contributed by atoms with Crippen LogP contribution in [0.1, 0.15) is 30.5 Å². The number of carbonyl (C=O) groups excluding carboxylic acids is 3. The smallest absolute Gasteiger partial charge is 0.408 e. The Morgan fingerprint density at radius 2 is 1.32 bits per heavy atom. The van der Waals surface area contributed by atoms with Gasteiger partial charge < -0.3 is 24.8 Å². The van der Waals surface area contributed by atoms with Crippen LogP contribution >= 0.6 is 0 Å². The first-order chi connectivity index (χ1) is 18.4. The fourth-order valence-electron chi connectivity index (χ4n) is 3.72. The molecule has 2 N–H and O–H groups in total. The zero-order valence-corrected chi connectivity index (χ0v) is 21.9. The van der Waals surface area contributed by atoms with E-state index in [1.165, 1.54) is 7.11 Å². The van der Waals surface area contributed by atoms with Gasteiger partial charge in [0.25, 0.3) is 0 Å². The maximum Gasteiger partial charge on any atom is 0.408 e. The Morgan fingerprint density at radius 1 is 0.737 bits per heavy atom. The number of carbonyl (C=O) groups is 3. The normalized spacial score (nSPS) is 12.2. The van der Waals surface area contributed by atoms with Crippen molar-refractivity contribution in [3.05, 3.63) is 102 Å². The molecule has 0 aromatic heterocycles. The predicted octanol–water partition coefficient (Wildman–Crippen LogP) is 4.42. The Bertz CT molecular complexity index is 1170. The minimum absolute atomic E-state index is 0.0783. The quantitative estimate of drug-likeness (QED) is 0.344. The maximum absolute atomic E-state index is 13.1. The van der Waals surface area contributed by atoms with Gasteiger partial charge in [0, 0.05) is 6.42 Å². The van der Waals surface area contributed by atoms with Gasteiger partial charge in [0.1, 0.15) is 31.0 Å². The number of hydrogen-bond acceptors (Lipinski definition) is 6. The van der Waals surface area contributed by atoms with Gasteiger partial charge in [-0.1, -0.05) is 86.6 Å². The molecule has 0 aliphatic heterocycles. The van der Waals surface area contributed by atoms with Crippen molar-refractivity contribution in [2.24, 2.45) is 5.92 Å². The Labute approximate surface area is 223 Å². The summed E-state index contributed by atoms with van der Waals surface area (Å²) in [4.78, 5) is 37.9. The Morgan fingerprint density at radius 3 is 1.87 bits per heavy atom. The summed E-state index contributed by atoms with van der Waals surface area (Å²) in [6, 6.07) is 24.5. The fourth-order valence-corrected chi connectivity index (χ4v) is 3.72. The van der Waals surface area contributed by atoms with E-state index in [0.717, 1.165) is 16.7 Å². The van der Waals surface area contributed by atoms with Crippen LogP contribution in [0.25, 0.3) is 0 Å². The monoisotopic (exact) mass is 518 g/mol. The minimum atomic E-state index is -0.938. The second-order valence-corrected chi connectivity index (χ2v) is 9.13. The van der Waals surface area contributed by atoms with E-state index < -0.39 is 30.1 Å². The summed E-state index contributed by atoms with van der Waals surface area (Å²) >= 11 is 0. The largest absolute Gasteiger partial charge is 0.489 e. The second-order valence-electron chi connectivity index (χ2n) is 9.13. The molecule has 0 spiro atoms. The highest BCUT2D eigenvalue weighted by molar-refractivity contribution is 5.90. The Hall–Kier alpha value is -4.33. The molecule has 0 radical (unpaired) electrons. The van der Waals surface area contributed by atoms with E-state index in [-0.39, 0.29) is 18.9 Å². The van der Waals surface area contributed by atoms with Crippen molar-refractivity contribution in [2.45, 2.75) is 45.6 Å². The second kappa shape index (κ2) is 14.4. The lowest BCUT2D eigenvalue weighted by atomic mass is 10.0. The molecule has 0 unspecified atom stereocenters. The average Bonchev–Trinajstić information content (AvgIpc) is 2.94. The number of esters is 1. The van der Waals surface area contributed by atoms with Crippen molar-refractivity contribution in [3.63, 3.8) is 0 Å². The topological polar surface area (TPSA) is 103 Å². The first-order valence-corrected chi connectivity index (χ1v) is 12.5. The van der Waals surface area contributed by atoms with Crippen LogP contribution in [0, 0.1) is 5.92 Å². The number of ether oxygens (including phenoxy) is 3. The van der Waals surface area contributed by atoms with Crippen LogP contribution in [0.3, 0.4) is 0 Å². The standard InChI is InChI=1S/C30H34N2O6/c1-21(2)27(32-30(35)38-20-24-12-8-5-9-13-24)28(33)31-26(29(34)36-3)18-22-14-16-25(17-15-22)37-19-23-10-6-4-7-11-23/h4-17,21,26-27H,18-20H2,1-3H3,(H,31,33)(H,32,35)/t26-,27-/m1/s1. The summed E-state index contributed by atoms with van der Waals surface area (Å²) in [5, 5.41) is 5.33. The van der Waals surface area contributed by atoms with E-state index in [2.05, 4.69) is 10.6 Å². The van der Waals surface area contributed by atoms with Crippen molar-refractivity contribution >= 4 is 18.0 Å². The number of benzene rings is 3. The number of alkyl carbamates (subject to hydrolysis) is 1. The van der Waals surface area contributed by atoms with Crippen molar-refractivity contribution in [1.82, 2.24) is 10.6 Å². The zero-order chi connectivity index (χ0) is 27.3. The number of nitrogens with one attached hydrogen (secondary N) is 2. The van der Waals surface area contributed by atoms with Crippen LogP contribution in [-0.4, -0.2) is 37.2 Å². The molecule has 2 amide bonds. The lowest BCUT2D eigenvalue weighted by Crippen LogP contribution is -2.54. The van der Waals surface area contributed by atoms with Gasteiger partial charge in [0.2, 0.25) is 5.91 Å². The Kier molecular flexibility index (Phi) is 10.7. The summed E-state index contributed by atoms with van der Waals surface area (Å²) in [5.74, 6) is -0.653. The number of amides is 2. The molecule has 0 aliphatic rings. The SMILES string of the molecule is COC(=O)[C@@H](Cc1ccc(OCc2ccccc2)cc1)NC(=O)[C@H](NC(=O)OCc1ccccc1)C(C)C. The van der Waals surface area contributed by atoms with Gasteiger partial charge in [-0.2, -0.15) is 0 Å². The molecule has 2 atom stereocenters. The fraction of sp³-hybridized carbons (Fsp3) is 0.300. The molecular formula is C30H34N2O6. The summed E-state index contributed by atoms with van der Waals surface area (Å²) in [6.07, 6.45) is -0.510. The third kappa shape index (κ3) is 8.96. The number of rotatable bonds is 12. The molecule has 0 saturated heterocycles. The average molecular weight is 519 g/mol. The maximum atomic E-state index is 13.1. The zero-order valence-electron chi connectivity index (χ0n) is 21.9. The molecule has 0 saturated carbocycles. The lowest BCUT2D eigenvalue weighted by Gasteiger charge is -2.24. The highest BCUT2D eigenvalue weighted by Gasteiger charge is 2.30. The van der Waals surface area contributed by atoms with Crippen LogP contribution in [-0.2, 0) is 38.7 Å². The van der Waals surface area contributed by atoms with Crippen molar-refractivity contribution in [2.75, 3.05) is 7.11 Å². The van der Waals surface area contributed by atoms with Crippen LogP contribution < -0.4 is 15.4 Å². The molecule has 38 heavy (non-hydrogen) atoms. The third-order valence-electron chi connectivity index (χ3n) is 5.85. The lowest BCUT2D eigenvalue weighted by molar-refractivity contribution is -0.145. The first kappa shape index (κ1) is 28.2. The van der Waals surface area contributed by atoms with Crippen LogP contribution in [0.2, 0.25) is 0 Å². The molecule has 0 aliphatic carbocycles. The molecule has 0 fully saturated rings. The van der Waals surface area contributed by atoms with Gasteiger partial charge in [-0.3, -0.25) is 4.79 Å². The van der Waals surface area contributed by atoms with Gasteiger partial charge in [-0.15, -0.1) is 0 Å². The van der Waals surface area contributed by atoms with Crippen molar-refractivity contribution in [1.29, 1.82) is 0 Å². The minimum Gasteiger partial charge on any atom is -0.489 e. The van der Waals surface area contributed by atoms with Gasteiger partial charge in [0.15, 0.2) is 0 Å². The van der Waals surface area contributed by atoms with Gasteiger partial charge in [-0.05, 0) is 34.7 Å². The predicted molar refractivity (Wildman–Crippen MR) is 143 cm³/mol. The third-order valence-corrected chi connectivity index (χ3v) is 5.85. The first-order valence-electron chi connectivity index (χ1n) is 12.5. The summed E-state index contributed by atoms with van der Waals surface area (Å²) < 4.78 is 16.0. The van der Waals surface area contributed by atoms with E-state index in [0.29, 0.717) is 12.4 Å². The van der Waals surface area contributed by atoms with Crippen molar-refractivity contribution in [3.8, 4) is 5.75 Å². The van der Waals surface area contributed by atoms with Gasteiger partial charge in [-0.25, -0.2) is 9.59 Å². The van der Waals surface area contributed by atoms with E-state index >= 15 is 0 Å². The molecule has 3 aromatic carbocycles. The molecule has 8 heteroatoms. The van der Waals surface area contributed by atoms with E-state index in [1.807, 2.05) is 84.9 Å². The highest BCUT2D eigenvalue weighted by atomic mass is 16.5. The molecule has 200 valence electrons. The number of methoxy groups -OCH3 is 1. The Balaban J connectivity index is 1.57. The molecule has 8 nitrogen and oxygen atoms in total. The highest BCUT2D eigenvalue weighted by Crippen LogP contribution is 2.16. The van der Waals surface area contributed by atoms with Crippen LogP contribution in [0.4, 0.5) is 4.79 Å². The molecule has 0 heterocycles. The van der Waals surface area contributed by atoms with Crippen LogP contribution in [0.15, 0.2) is 84.9 Å². The molecular weight excluding hydrogens is 484 g/mol. The summed E-state index contributed by atoms with van der Waals surface area (Å²) in [7, 11) is 1.27. The van der Waals surface area contributed by atoms with Crippen molar-refractivity contribution < 1.29 is 28.6 Å². The van der Waals surface area contributed by atoms with Gasteiger partial charge in [0.05, 0.1) is 7.11 Å². The number of hydrogen-bond donors (Lipinski definition) is 2. The molecule has 3 rings (SSSR count). The van der Waals surface area contributed by atoms with Gasteiger partial charge >= 0.3 is 12.1 Å². The molecule has 3 aromatic rings. The van der Waals surface area contributed by atoms with E-state index in [4.69, 9.17) is 14.2 Å². The summed E-state index contributed by atoms with van der Waals surface area (Å²) in [5.41, 5.74) is 2.70. The van der Waals surface area contributed by atoms with E-state index in [1.54, 1.807) is 13.8 Å². The van der Waals surface area contributed by atoms with E-state index in [9.17, 15) is 14.4 Å².